The molecule has 5 heteroatoms. The van der Waals surface area contributed by atoms with E-state index >= 15 is 0 Å². The second-order valence-corrected chi connectivity index (χ2v) is 4.01. The molecule has 0 aliphatic carbocycles. The predicted molar refractivity (Wildman–Crippen MR) is 77.6 cm³/mol. The SMILES string of the molecule is CCOC(=O)c1cn[nH]c1-[c-]1cccc1.[Fe+2].c1cc[cH-]c1. The van der Waals surface area contributed by atoms with Crippen LogP contribution in [0.4, 0.5) is 0 Å². The molecule has 0 aliphatic heterocycles. The van der Waals surface area contributed by atoms with E-state index in [0.717, 1.165) is 5.56 Å². The summed E-state index contributed by atoms with van der Waals surface area (Å²) in [5.74, 6) is -0.345. The van der Waals surface area contributed by atoms with Gasteiger partial charge in [0.15, 0.2) is 0 Å². The third-order valence-electron chi connectivity index (χ3n) is 2.64. The summed E-state index contributed by atoms with van der Waals surface area (Å²) >= 11 is 0. The van der Waals surface area contributed by atoms with Crippen molar-refractivity contribution >= 4 is 5.97 Å². The van der Waals surface area contributed by atoms with Crippen LogP contribution in [0.3, 0.4) is 0 Å². The second kappa shape index (κ2) is 8.95. The van der Waals surface area contributed by atoms with Crippen LogP contribution in [0, 0.1) is 0 Å². The Hall–Kier alpha value is -2.10. The second-order valence-electron chi connectivity index (χ2n) is 4.01. The molecular weight excluding hydrogens is 308 g/mol. The van der Waals surface area contributed by atoms with Crippen molar-refractivity contribution in [3.05, 3.63) is 66.4 Å². The number of aromatic nitrogens is 2. The van der Waals surface area contributed by atoms with E-state index in [1.165, 1.54) is 6.20 Å². The fourth-order valence-electron chi connectivity index (χ4n) is 1.73. The Morgan fingerprint density at radius 3 is 2.48 bits per heavy atom. The summed E-state index contributed by atoms with van der Waals surface area (Å²) < 4.78 is 4.93. The number of carbonyl (C=O) groups excluding carboxylic acids is 1. The van der Waals surface area contributed by atoms with Crippen LogP contribution in [-0.2, 0) is 21.8 Å². The molecule has 0 fully saturated rings. The Kier molecular flexibility index (Phi) is 7.22. The Morgan fingerprint density at radius 1 is 1.29 bits per heavy atom. The molecule has 0 radical (unpaired) electrons. The first-order valence-electron chi connectivity index (χ1n) is 6.42. The number of hydrogen-bond acceptors (Lipinski definition) is 3. The van der Waals surface area contributed by atoms with Gasteiger partial charge in [-0.25, -0.2) is 12.1 Å². The zero-order valence-corrected chi connectivity index (χ0v) is 12.7. The molecule has 4 nitrogen and oxygen atoms in total. The summed E-state index contributed by atoms with van der Waals surface area (Å²) in [6.07, 6.45) is 1.49. The van der Waals surface area contributed by atoms with Crippen molar-refractivity contribution in [3.63, 3.8) is 0 Å². The maximum Gasteiger partial charge on any atom is 2.00 e. The molecule has 0 bridgehead atoms. The number of carbonyl (C=O) groups is 1. The molecule has 21 heavy (non-hydrogen) atoms. The minimum Gasteiger partial charge on any atom is -0.469 e. The monoisotopic (exact) mass is 324 g/mol. The van der Waals surface area contributed by atoms with Crippen molar-refractivity contribution in [2.24, 2.45) is 0 Å². The van der Waals surface area contributed by atoms with E-state index in [2.05, 4.69) is 10.2 Å². The van der Waals surface area contributed by atoms with Gasteiger partial charge >= 0.3 is 17.1 Å². The molecule has 3 aromatic rings. The standard InChI is InChI=1S/C11H11N2O2.C5H5.Fe/c1-2-15-11(14)9-7-12-13-10(9)8-5-3-4-6-8;1-2-4-5-3-1;/h3-7H,2H2,1H3,(H,12,13);1-5H;/q2*-1;+2. The zero-order valence-electron chi connectivity index (χ0n) is 11.6. The molecule has 0 spiro atoms. The summed E-state index contributed by atoms with van der Waals surface area (Å²) in [6.45, 7) is 2.14. The van der Waals surface area contributed by atoms with Crippen molar-refractivity contribution in [1.29, 1.82) is 0 Å². The van der Waals surface area contributed by atoms with Crippen LogP contribution in [0.25, 0.3) is 11.3 Å². The fraction of sp³-hybridized carbons (Fsp3) is 0.125. The van der Waals surface area contributed by atoms with Gasteiger partial charge in [-0.1, -0.05) is 5.56 Å². The van der Waals surface area contributed by atoms with Gasteiger partial charge in [0.25, 0.3) is 5.97 Å². The minimum atomic E-state index is -0.345. The van der Waals surface area contributed by atoms with Crippen LogP contribution in [0.2, 0.25) is 0 Å². The summed E-state index contributed by atoms with van der Waals surface area (Å²) in [5.41, 5.74) is 2.12. The van der Waals surface area contributed by atoms with E-state index in [1.54, 1.807) is 6.92 Å². The molecule has 3 rings (SSSR count). The topological polar surface area (TPSA) is 55.0 Å². The number of H-pyrrole nitrogens is 1. The van der Waals surface area contributed by atoms with E-state index in [9.17, 15) is 4.79 Å². The Labute approximate surface area is 134 Å². The van der Waals surface area contributed by atoms with Gasteiger partial charge in [-0.3, -0.25) is 9.89 Å². The van der Waals surface area contributed by atoms with Crippen LogP contribution in [0.15, 0.2) is 60.8 Å². The van der Waals surface area contributed by atoms with Crippen molar-refractivity contribution in [1.82, 2.24) is 10.2 Å². The van der Waals surface area contributed by atoms with Crippen LogP contribution >= 0.6 is 0 Å². The average molecular weight is 324 g/mol. The molecule has 0 amide bonds. The Balaban J connectivity index is 0.000000313. The maximum atomic E-state index is 11.5. The number of nitrogens with one attached hydrogen (secondary N) is 1. The number of rotatable bonds is 3. The van der Waals surface area contributed by atoms with Crippen molar-refractivity contribution in [2.75, 3.05) is 6.61 Å². The molecule has 110 valence electrons. The van der Waals surface area contributed by atoms with Gasteiger partial charge in [-0.15, -0.1) is 12.1 Å². The van der Waals surface area contributed by atoms with Gasteiger partial charge in [0, 0.05) is 11.8 Å². The largest absolute Gasteiger partial charge is 2.00 e. The number of ether oxygens (including phenoxy) is 1. The van der Waals surface area contributed by atoms with Crippen molar-refractivity contribution < 1.29 is 26.6 Å². The van der Waals surface area contributed by atoms with Gasteiger partial charge in [0.05, 0.1) is 6.61 Å². The summed E-state index contributed by atoms with van der Waals surface area (Å²) in [4.78, 5) is 11.5. The van der Waals surface area contributed by atoms with Gasteiger partial charge in [0.2, 0.25) is 0 Å². The molecule has 0 aliphatic rings. The Bertz CT molecular complexity index is 595. The van der Waals surface area contributed by atoms with Gasteiger partial charge in [0.1, 0.15) is 0 Å². The normalized spacial score (nSPS) is 9.19. The molecule has 0 saturated carbocycles. The van der Waals surface area contributed by atoms with Crippen LogP contribution < -0.4 is 0 Å². The van der Waals surface area contributed by atoms with E-state index in [-0.39, 0.29) is 23.0 Å². The maximum absolute atomic E-state index is 11.5. The molecule has 0 unspecified atom stereocenters. The smallest absolute Gasteiger partial charge is 0.469 e. The van der Waals surface area contributed by atoms with Gasteiger partial charge in [-0.2, -0.15) is 35.4 Å². The Morgan fingerprint density at radius 2 is 1.95 bits per heavy atom. The molecule has 1 heterocycles. The number of esters is 1. The van der Waals surface area contributed by atoms with E-state index in [1.807, 2.05) is 54.6 Å². The van der Waals surface area contributed by atoms with E-state index < -0.39 is 0 Å². The van der Waals surface area contributed by atoms with Crippen molar-refractivity contribution in [3.8, 4) is 11.3 Å². The van der Waals surface area contributed by atoms with Gasteiger partial charge < -0.3 is 4.74 Å². The number of nitrogens with zero attached hydrogens (tertiary/aromatic N) is 1. The third-order valence-corrected chi connectivity index (χ3v) is 2.64. The first-order valence-corrected chi connectivity index (χ1v) is 6.42. The molecule has 0 saturated heterocycles. The molecule has 2 aromatic carbocycles. The molecule has 1 N–H and O–H groups in total. The third kappa shape index (κ3) is 4.74. The quantitative estimate of drug-likeness (QED) is 0.456. The number of hydrogen-bond donors (Lipinski definition) is 1. The molecule has 0 atom stereocenters. The van der Waals surface area contributed by atoms with Crippen LogP contribution in [-0.4, -0.2) is 22.8 Å². The van der Waals surface area contributed by atoms with Crippen LogP contribution in [0.5, 0.6) is 0 Å². The first kappa shape index (κ1) is 17.0. The first-order chi connectivity index (χ1) is 9.83. The molecule has 1 aromatic heterocycles. The van der Waals surface area contributed by atoms with E-state index in [0.29, 0.717) is 17.9 Å². The van der Waals surface area contributed by atoms with E-state index in [4.69, 9.17) is 4.74 Å². The zero-order chi connectivity index (χ0) is 14.2. The summed E-state index contributed by atoms with van der Waals surface area (Å²) in [6, 6.07) is 17.6. The summed E-state index contributed by atoms with van der Waals surface area (Å²) in [7, 11) is 0. The van der Waals surface area contributed by atoms with Gasteiger partial charge in [-0.05, 0) is 12.6 Å². The fourth-order valence-corrected chi connectivity index (χ4v) is 1.73. The summed E-state index contributed by atoms with van der Waals surface area (Å²) in [5, 5.41) is 6.65. The van der Waals surface area contributed by atoms with Crippen LogP contribution in [0.1, 0.15) is 17.3 Å². The number of aromatic amines is 1. The average Bonchev–Trinajstić information content (AvgIpc) is 3.21. The predicted octanol–water partition coefficient (Wildman–Crippen LogP) is 3.38. The molecular formula is C16H16FeN2O2. The van der Waals surface area contributed by atoms with Crippen molar-refractivity contribution in [2.45, 2.75) is 6.92 Å². The minimum absolute atomic E-state index is 0.